The molecule has 0 amide bonds. The van der Waals surface area contributed by atoms with E-state index in [2.05, 4.69) is 41.3 Å². The molecule has 5 nitrogen and oxygen atoms in total. The monoisotopic (exact) mass is 268 g/mol. The zero-order valence-corrected chi connectivity index (χ0v) is 12.8. The average molecular weight is 268 g/mol. The third-order valence-corrected chi connectivity index (χ3v) is 3.96. The van der Waals surface area contributed by atoms with Crippen LogP contribution in [0.5, 0.6) is 0 Å². The fraction of sp³-hybridized carbons (Fsp3) is 0.786. The maximum atomic E-state index is 5.64. The van der Waals surface area contributed by atoms with Crippen molar-refractivity contribution in [2.75, 3.05) is 7.11 Å². The molecule has 1 aromatic rings. The van der Waals surface area contributed by atoms with Gasteiger partial charge in [-0.15, -0.1) is 0 Å². The Morgan fingerprint density at radius 2 is 2.05 bits per heavy atom. The smallest absolute Gasteiger partial charge is 0.0792 e. The van der Waals surface area contributed by atoms with Crippen LogP contribution in [0.3, 0.4) is 0 Å². The van der Waals surface area contributed by atoms with E-state index >= 15 is 0 Å². The van der Waals surface area contributed by atoms with Crippen molar-refractivity contribution in [2.45, 2.75) is 64.6 Å². The number of hydrogen-bond acceptors (Lipinski definition) is 4. The summed E-state index contributed by atoms with van der Waals surface area (Å²) in [7, 11) is 1.70. The van der Waals surface area contributed by atoms with E-state index in [9.17, 15) is 0 Å². The van der Waals surface area contributed by atoms with Crippen LogP contribution in [0.4, 0.5) is 0 Å². The first kappa shape index (κ1) is 16.1. The van der Waals surface area contributed by atoms with E-state index in [-0.39, 0.29) is 11.6 Å². The highest BCUT2D eigenvalue weighted by molar-refractivity contribution is 5.04. The number of aromatic nitrogens is 2. The summed E-state index contributed by atoms with van der Waals surface area (Å²) in [6.45, 7) is 8.42. The Hall–Kier alpha value is -0.910. The average Bonchev–Trinajstić information content (AvgIpc) is 2.85. The molecule has 0 aliphatic carbocycles. The van der Waals surface area contributed by atoms with Crippen LogP contribution in [-0.2, 0) is 11.2 Å². The third-order valence-electron chi connectivity index (χ3n) is 3.96. The van der Waals surface area contributed by atoms with Gasteiger partial charge in [0.1, 0.15) is 0 Å². The first-order valence-electron chi connectivity index (χ1n) is 7.03. The Morgan fingerprint density at radius 3 is 2.53 bits per heavy atom. The first-order valence-corrected chi connectivity index (χ1v) is 7.03. The van der Waals surface area contributed by atoms with E-state index in [0.29, 0.717) is 6.04 Å². The molecule has 0 saturated heterocycles. The molecule has 0 aromatic carbocycles. The first-order chi connectivity index (χ1) is 8.98. The summed E-state index contributed by atoms with van der Waals surface area (Å²) < 4.78 is 7.54. The van der Waals surface area contributed by atoms with Gasteiger partial charge >= 0.3 is 0 Å². The molecular formula is C14H28N4O. The molecule has 0 aliphatic rings. The van der Waals surface area contributed by atoms with Crippen LogP contribution in [0.15, 0.2) is 12.3 Å². The van der Waals surface area contributed by atoms with Gasteiger partial charge in [0.15, 0.2) is 0 Å². The van der Waals surface area contributed by atoms with Crippen molar-refractivity contribution >= 4 is 0 Å². The third kappa shape index (κ3) is 4.03. The number of nitrogens with zero attached hydrogens (tertiary/aromatic N) is 2. The molecule has 1 rings (SSSR count). The fourth-order valence-corrected chi connectivity index (χ4v) is 2.21. The van der Waals surface area contributed by atoms with Gasteiger partial charge in [-0.3, -0.25) is 16.0 Å². The van der Waals surface area contributed by atoms with Crippen molar-refractivity contribution in [3.63, 3.8) is 0 Å². The number of methoxy groups -OCH3 is 1. The minimum atomic E-state index is -0.326. The Bertz CT molecular complexity index is 371. The molecule has 1 atom stereocenters. The van der Waals surface area contributed by atoms with Gasteiger partial charge in [-0.25, -0.2) is 0 Å². The number of ether oxygens (including phenoxy) is 1. The normalized spacial score (nSPS) is 14.1. The highest BCUT2D eigenvalue weighted by Crippen LogP contribution is 2.19. The molecule has 110 valence electrons. The zero-order chi connectivity index (χ0) is 14.5. The lowest BCUT2D eigenvalue weighted by Crippen LogP contribution is -2.52. The standard InChI is InChI=1S/C14H28N4O/c1-6-12(7-2)18-9-8-11(17-18)10-13(16-15)14(3,4)19-5/h8-9,12-13,16H,6-7,10,15H2,1-5H3. The van der Waals surface area contributed by atoms with E-state index in [4.69, 9.17) is 10.6 Å². The van der Waals surface area contributed by atoms with Gasteiger partial charge in [0, 0.05) is 19.7 Å². The summed E-state index contributed by atoms with van der Waals surface area (Å²) in [5.41, 5.74) is 3.55. The summed E-state index contributed by atoms with van der Waals surface area (Å²) in [6, 6.07) is 2.57. The second-order valence-electron chi connectivity index (χ2n) is 5.49. The molecule has 1 aromatic heterocycles. The van der Waals surface area contributed by atoms with Crippen LogP contribution in [0.2, 0.25) is 0 Å². The van der Waals surface area contributed by atoms with Crippen LogP contribution in [-0.4, -0.2) is 28.5 Å². The topological polar surface area (TPSA) is 65.1 Å². The van der Waals surface area contributed by atoms with Crippen molar-refractivity contribution in [1.82, 2.24) is 15.2 Å². The van der Waals surface area contributed by atoms with Gasteiger partial charge in [-0.1, -0.05) is 13.8 Å². The van der Waals surface area contributed by atoms with Crippen molar-refractivity contribution in [3.8, 4) is 0 Å². The maximum Gasteiger partial charge on any atom is 0.0792 e. The van der Waals surface area contributed by atoms with E-state index in [0.717, 1.165) is 25.0 Å². The van der Waals surface area contributed by atoms with Gasteiger partial charge in [-0.2, -0.15) is 5.10 Å². The predicted molar refractivity (Wildman–Crippen MR) is 77.7 cm³/mol. The Morgan fingerprint density at radius 1 is 1.42 bits per heavy atom. The Balaban J connectivity index is 2.77. The van der Waals surface area contributed by atoms with Crippen molar-refractivity contribution in [3.05, 3.63) is 18.0 Å². The van der Waals surface area contributed by atoms with Gasteiger partial charge in [0.2, 0.25) is 0 Å². The summed E-state index contributed by atoms with van der Waals surface area (Å²) in [6.07, 6.45) is 5.00. The summed E-state index contributed by atoms with van der Waals surface area (Å²) >= 11 is 0. The van der Waals surface area contributed by atoms with E-state index < -0.39 is 0 Å². The number of hydrogen-bond donors (Lipinski definition) is 2. The van der Waals surface area contributed by atoms with Crippen LogP contribution >= 0.6 is 0 Å². The largest absolute Gasteiger partial charge is 0.377 e. The molecule has 19 heavy (non-hydrogen) atoms. The quantitative estimate of drug-likeness (QED) is 0.559. The molecule has 1 heterocycles. The van der Waals surface area contributed by atoms with Crippen LogP contribution < -0.4 is 11.3 Å². The lowest BCUT2D eigenvalue weighted by atomic mass is 9.95. The number of rotatable bonds is 8. The van der Waals surface area contributed by atoms with Crippen LogP contribution in [0.1, 0.15) is 52.3 Å². The number of nitrogens with two attached hydrogens (primary N) is 1. The minimum absolute atomic E-state index is 0.0301. The van der Waals surface area contributed by atoms with E-state index in [1.807, 2.05) is 13.8 Å². The van der Waals surface area contributed by atoms with Crippen molar-refractivity contribution in [2.24, 2.45) is 5.84 Å². The summed E-state index contributed by atoms with van der Waals surface area (Å²) in [5.74, 6) is 5.64. The van der Waals surface area contributed by atoms with E-state index in [1.165, 1.54) is 0 Å². The highest BCUT2D eigenvalue weighted by Gasteiger charge is 2.29. The molecule has 0 saturated carbocycles. The SMILES string of the molecule is CCC(CC)n1ccc(CC(NN)C(C)(C)OC)n1. The second kappa shape index (κ2) is 7.03. The van der Waals surface area contributed by atoms with Crippen LogP contribution in [0, 0.1) is 0 Å². The summed E-state index contributed by atoms with van der Waals surface area (Å²) in [4.78, 5) is 0. The molecule has 0 fully saturated rings. The molecule has 1 unspecified atom stereocenters. The van der Waals surface area contributed by atoms with E-state index in [1.54, 1.807) is 7.11 Å². The number of nitrogens with one attached hydrogen (secondary N) is 1. The van der Waals surface area contributed by atoms with Gasteiger partial charge in [0.25, 0.3) is 0 Å². The molecular weight excluding hydrogens is 240 g/mol. The number of hydrazine groups is 1. The van der Waals surface area contributed by atoms with Gasteiger partial charge in [0.05, 0.1) is 23.4 Å². The minimum Gasteiger partial charge on any atom is -0.377 e. The lowest BCUT2D eigenvalue weighted by Gasteiger charge is -2.32. The molecule has 0 radical (unpaired) electrons. The van der Waals surface area contributed by atoms with Crippen molar-refractivity contribution in [1.29, 1.82) is 0 Å². The van der Waals surface area contributed by atoms with Crippen molar-refractivity contribution < 1.29 is 4.74 Å². The molecule has 0 spiro atoms. The molecule has 0 aliphatic heterocycles. The fourth-order valence-electron chi connectivity index (χ4n) is 2.21. The van der Waals surface area contributed by atoms with Crippen LogP contribution in [0.25, 0.3) is 0 Å². The summed E-state index contributed by atoms with van der Waals surface area (Å²) in [5, 5.41) is 4.65. The molecule has 0 bridgehead atoms. The van der Waals surface area contributed by atoms with Gasteiger partial charge < -0.3 is 4.74 Å². The lowest BCUT2D eigenvalue weighted by molar-refractivity contribution is -0.0104. The maximum absolute atomic E-state index is 5.64. The zero-order valence-electron chi connectivity index (χ0n) is 12.8. The molecule has 5 heteroatoms. The Kier molecular flexibility index (Phi) is 5.97. The highest BCUT2D eigenvalue weighted by atomic mass is 16.5. The Labute approximate surface area is 116 Å². The predicted octanol–water partition coefficient (Wildman–Crippen LogP) is 2.04. The molecule has 3 N–H and O–H groups in total. The van der Waals surface area contributed by atoms with Gasteiger partial charge in [-0.05, 0) is 32.8 Å². The second-order valence-corrected chi connectivity index (χ2v) is 5.49.